The zero-order valence-corrected chi connectivity index (χ0v) is 11.6. The Balaban J connectivity index is 1.99. The molecule has 2 rings (SSSR count). The van der Waals surface area contributed by atoms with Crippen molar-refractivity contribution in [1.29, 1.82) is 0 Å². The van der Waals surface area contributed by atoms with Gasteiger partial charge in [-0.3, -0.25) is 0 Å². The molecular weight excluding hydrogens is 226 g/mol. The van der Waals surface area contributed by atoms with Gasteiger partial charge < -0.3 is 4.90 Å². The molecule has 0 saturated carbocycles. The first kappa shape index (κ1) is 13.0. The summed E-state index contributed by atoms with van der Waals surface area (Å²) in [5.41, 5.74) is 1.43. The minimum absolute atomic E-state index is 0.570. The van der Waals surface area contributed by atoms with Gasteiger partial charge in [0, 0.05) is 18.5 Å². The summed E-state index contributed by atoms with van der Waals surface area (Å²) in [6, 6.07) is 11.6. The second-order valence-electron chi connectivity index (χ2n) is 5.13. The third-order valence-electron chi connectivity index (χ3n) is 3.89. The maximum absolute atomic E-state index is 4.53. The molecule has 1 aliphatic rings. The lowest BCUT2D eigenvalue weighted by Gasteiger charge is -2.35. The fourth-order valence-corrected chi connectivity index (χ4v) is 3.03. The highest BCUT2D eigenvalue weighted by atomic mass is 32.1. The molecule has 1 nitrogen and oxygen atoms in total. The van der Waals surface area contributed by atoms with E-state index < -0.39 is 0 Å². The van der Waals surface area contributed by atoms with Crippen molar-refractivity contribution in [2.24, 2.45) is 0 Å². The van der Waals surface area contributed by atoms with Crippen LogP contribution in [0.3, 0.4) is 0 Å². The van der Waals surface area contributed by atoms with Crippen LogP contribution in [0.2, 0.25) is 0 Å². The van der Waals surface area contributed by atoms with E-state index in [1.54, 1.807) is 0 Å². The fourth-order valence-electron chi connectivity index (χ4n) is 2.71. The van der Waals surface area contributed by atoms with Crippen LogP contribution in [-0.2, 0) is 0 Å². The summed E-state index contributed by atoms with van der Waals surface area (Å²) in [4.78, 5) is 2.64. The maximum atomic E-state index is 4.53. The second kappa shape index (κ2) is 6.46. The Morgan fingerprint density at radius 1 is 1.29 bits per heavy atom. The molecule has 0 bridgehead atoms. The summed E-state index contributed by atoms with van der Waals surface area (Å²) >= 11 is 4.53. The first-order chi connectivity index (χ1) is 8.31. The number of nitrogens with zero attached hydrogens (tertiary/aromatic N) is 1. The Bertz CT molecular complexity index is 325. The standard InChI is InChI=1S/C15H23NS/c1-13-7-5-6-10-16(13)11-15(12-17)14-8-3-2-4-9-14/h2-4,8-9,13,15,17H,5-7,10-12H2,1H3. The molecule has 0 aromatic heterocycles. The molecule has 0 aliphatic carbocycles. The highest BCUT2D eigenvalue weighted by Crippen LogP contribution is 2.23. The Hall–Kier alpha value is -0.470. The number of hydrogen-bond donors (Lipinski definition) is 1. The van der Waals surface area contributed by atoms with Crippen LogP contribution in [0, 0.1) is 0 Å². The van der Waals surface area contributed by atoms with Gasteiger partial charge in [0.2, 0.25) is 0 Å². The van der Waals surface area contributed by atoms with Gasteiger partial charge in [0.15, 0.2) is 0 Å². The van der Waals surface area contributed by atoms with Gasteiger partial charge in [0.25, 0.3) is 0 Å². The van der Waals surface area contributed by atoms with Gasteiger partial charge in [0.05, 0.1) is 0 Å². The average Bonchev–Trinajstić information content (AvgIpc) is 2.39. The predicted octanol–water partition coefficient (Wildman–Crippen LogP) is 3.57. The van der Waals surface area contributed by atoms with Gasteiger partial charge in [-0.1, -0.05) is 36.8 Å². The third-order valence-corrected chi connectivity index (χ3v) is 4.33. The Kier molecular flexibility index (Phi) is 4.93. The van der Waals surface area contributed by atoms with Crippen LogP contribution >= 0.6 is 12.6 Å². The monoisotopic (exact) mass is 249 g/mol. The Labute approximate surface area is 111 Å². The van der Waals surface area contributed by atoms with Crippen molar-refractivity contribution in [3.63, 3.8) is 0 Å². The van der Waals surface area contributed by atoms with Crippen molar-refractivity contribution < 1.29 is 0 Å². The van der Waals surface area contributed by atoms with E-state index in [2.05, 4.69) is 54.8 Å². The molecule has 0 radical (unpaired) electrons. The largest absolute Gasteiger partial charge is 0.300 e. The van der Waals surface area contributed by atoms with E-state index in [4.69, 9.17) is 0 Å². The van der Waals surface area contributed by atoms with Crippen molar-refractivity contribution in [3.8, 4) is 0 Å². The SMILES string of the molecule is CC1CCCCN1CC(CS)c1ccccc1. The number of benzene rings is 1. The van der Waals surface area contributed by atoms with E-state index >= 15 is 0 Å². The predicted molar refractivity (Wildman–Crippen MR) is 77.9 cm³/mol. The molecule has 2 atom stereocenters. The highest BCUT2D eigenvalue weighted by molar-refractivity contribution is 7.80. The van der Waals surface area contributed by atoms with E-state index in [1.807, 2.05) is 0 Å². The second-order valence-corrected chi connectivity index (χ2v) is 5.50. The van der Waals surface area contributed by atoms with Crippen molar-refractivity contribution in [2.45, 2.75) is 38.1 Å². The van der Waals surface area contributed by atoms with E-state index in [1.165, 1.54) is 31.4 Å². The third kappa shape index (κ3) is 3.49. The molecule has 1 aliphatic heterocycles. The van der Waals surface area contributed by atoms with Crippen LogP contribution in [0.5, 0.6) is 0 Å². The molecule has 2 unspecified atom stereocenters. The zero-order chi connectivity index (χ0) is 12.1. The van der Waals surface area contributed by atoms with Gasteiger partial charge in [-0.15, -0.1) is 0 Å². The summed E-state index contributed by atoms with van der Waals surface area (Å²) in [6.45, 7) is 4.78. The highest BCUT2D eigenvalue weighted by Gasteiger charge is 2.21. The van der Waals surface area contributed by atoms with Gasteiger partial charge in [-0.2, -0.15) is 12.6 Å². The number of rotatable bonds is 4. The lowest BCUT2D eigenvalue weighted by atomic mass is 9.97. The topological polar surface area (TPSA) is 3.24 Å². The summed E-state index contributed by atoms with van der Waals surface area (Å²) in [6.07, 6.45) is 4.11. The van der Waals surface area contributed by atoms with E-state index in [0.29, 0.717) is 5.92 Å². The van der Waals surface area contributed by atoms with Crippen LogP contribution in [0.15, 0.2) is 30.3 Å². The number of piperidine rings is 1. The smallest absolute Gasteiger partial charge is 0.00671 e. The Morgan fingerprint density at radius 3 is 2.71 bits per heavy atom. The summed E-state index contributed by atoms with van der Waals surface area (Å²) in [5, 5.41) is 0. The van der Waals surface area contributed by atoms with Crippen LogP contribution in [0.1, 0.15) is 37.7 Å². The van der Waals surface area contributed by atoms with Gasteiger partial charge in [-0.05, 0) is 37.6 Å². The number of hydrogen-bond acceptors (Lipinski definition) is 2. The zero-order valence-electron chi connectivity index (χ0n) is 10.7. The number of thiol groups is 1. The molecule has 0 spiro atoms. The summed E-state index contributed by atoms with van der Waals surface area (Å²) < 4.78 is 0. The summed E-state index contributed by atoms with van der Waals surface area (Å²) in [7, 11) is 0. The number of likely N-dealkylation sites (tertiary alicyclic amines) is 1. The molecular formula is C15H23NS. The molecule has 2 heteroatoms. The summed E-state index contributed by atoms with van der Waals surface area (Å²) in [5.74, 6) is 1.51. The minimum atomic E-state index is 0.570. The van der Waals surface area contributed by atoms with Gasteiger partial charge >= 0.3 is 0 Å². The van der Waals surface area contributed by atoms with Crippen molar-refractivity contribution in [3.05, 3.63) is 35.9 Å². The lowest BCUT2D eigenvalue weighted by molar-refractivity contribution is 0.154. The molecule has 1 heterocycles. The normalized spacial score (nSPS) is 23.5. The van der Waals surface area contributed by atoms with Crippen molar-refractivity contribution in [1.82, 2.24) is 4.90 Å². The van der Waals surface area contributed by atoms with E-state index in [0.717, 1.165) is 18.3 Å². The van der Waals surface area contributed by atoms with Gasteiger partial charge in [0.1, 0.15) is 0 Å². The van der Waals surface area contributed by atoms with Gasteiger partial charge in [-0.25, -0.2) is 0 Å². The lowest BCUT2D eigenvalue weighted by Crippen LogP contribution is -2.40. The molecule has 94 valence electrons. The maximum Gasteiger partial charge on any atom is 0.00671 e. The van der Waals surface area contributed by atoms with Crippen molar-refractivity contribution >= 4 is 12.6 Å². The molecule has 0 N–H and O–H groups in total. The van der Waals surface area contributed by atoms with Crippen LogP contribution < -0.4 is 0 Å². The average molecular weight is 249 g/mol. The first-order valence-electron chi connectivity index (χ1n) is 6.71. The quantitative estimate of drug-likeness (QED) is 0.798. The molecule has 1 aromatic rings. The fraction of sp³-hybridized carbons (Fsp3) is 0.600. The molecule has 1 aromatic carbocycles. The van der Waals surface area contributed by atoms with E-state index in [-0.39, 0.29) is 0 Å². The molecule has 1 fully saturated rings. The van der Waals surface area contributed by atoms with E-state index in [9.17, 15) is 0 Å². The van der Waals surface area contributed by atoms with Crippen LogP contribution in [-0.4, -0.2) is 29.8 Å². The molecule has 17 heavy (non-hydrogen) atoms. The Morgan fingerprint density at radius 2 is 2.06 bits per heavy atom. The van der Waals surface area contributed by atoms with Crippen LogP contribution in [0.4, 0.5) is 0 Å². The van der Waals surface area contributed by atoms with Crippen LogP contribution in [0.25, 0.3) is 0 Å². The molecule has 1 saturated heterocycles. The first-order valence-corrected chi connectivity index (χ1v) is 7.34. The minimum Gasteiger partial charge on any atom is -0.300 e. The van der Waals surface area contributed by atoms with Crippen molar-refractivity contribution in [2.75, 3.05) is 18.8 Å². The molecule has 0 amide bonds.